The third-order valence-electron chi connectivity index (χ3n) is 0.287. The van der Waals surface area contributed by atoms with Crippen molar-refractivity contribution in [2.45, 2.75) is 6.92 Å². The molecule has 0 atom stereocenters. The fraction of sp³-hybridized carbons (Fsp3) is 0.750. The molecule has 0 fully saturated rings. The van der Waals surface area contributed by atoms with Gasteiger partial charge in [0.15, 0.2) is 0 Å². The molecule has 0 aliphatic heterocycles. The Hall–Kier alpha value is -0.820. The van der Waals surface area contributed by atoms with Crippen LogP contribution in [-0.4, -0.2) is 27.4 Å². The predicted molar refractivity (Wildman–Crippen MR) is 40.2 cm³/mol. The van der Waals surface area contributed by atoms with E-state index in [1.54, 1.807) is 6.92 Å². The van der Waals surface area contributed by atoms with Crippen LogP contribution in [0.15, 0.2) is 0 Å². The Balaban J connectivity index is 0. The lowest BCUT2D eigenvalue weighted by Gasteiger charge is -1.89. The van der Waals surface area contributed by atoms with Gasteiger partial charge in [-0.2, -0.15) is 0 Å². The molecule has 0 bridgehead atoms. The summed E-state index contributed by atoms with van der Waals surface area (Å²) in [5.41, 5.74) is 4.54. The summed E-state index contributed by atoms with van der Waals surface area (Å²) < 4.78 is 23.0. The van der Waals surface area contributed by atoms with Gasteiger partial charge in [-0.3, -0.25) is 0 Å². The van der Waals surface area contributed by atoms with Crippen molar-refractivity contribution in [3.63, 3.8) is 0 Å². The summed E-state index contributed by atoms with van der Waals surface area (Å²) in [6.07, 6.45) is 0.227. The van der Waals surface area contributed by atoms with Crippen molar-refractivity contribution in [3.8, 4) is 0 Å². The lowest BCUT2D eigenvalue weighted by atomic mass is 10.9. The molecule has 6 nitrogen and oxygen atoms in total. The minimum Gasteiger partial charge on any atom is -0.450 e. The number of ether oxygens (including phenoxy) is 1. The van der Waals surface area contributed by atoms with Crippen molar-refractivity contribution in [3.05, 3.63) is 0 Å². The van der Waals surface area contributed by atoms with E-state index in [2.05, 4.69) is 15.6 Å². The van der Waals surface area contributed by atoms with Crippen molar-refractivity contribution in [1.29, 1.82) is 0 Å². The van der Waals surface area contributed by atoms with Gasteiger partial charge in [-0.25, -0.2) is 18.4 Å². The predicted octanol–water partition coefficient (Wildman–Crippen LogP) is -0.994. The normalized spacial score (nSPS) is 9.36. The molecule has 0 unspecified atom stereocenters. The van der Waals surface area contributed by atoms with E-state index in [1.165, 1.54) is 0 Å². The second-order valence-electron chi connectivity index (χ2n) is 1.58. The maximum absolute atomic E-state index is 9.60. The smallest absolute Gasteiger partial charge is 0.404 e. The number of amides is 1. The molecule has 68 valence electrons. The molecule has 0 saturated heterocycles. The van der Waals surface area contributed by atoms with Crippen LogP contribution in [0, 0.1) is 0 Å². The SMILES string of the molecule is CCOC(N)=O.CS(N)(=O)=O. The van der Waals surface area contributed by atoms with Crippen molar-refractivity contribution in [2.24, 2.45) is 10.9 Å². The van der Waals surface area contributed by atoms with Gasteiger partial charge in [0.05, 0.1) is 12.9 Å². The highest BCUT2D eigenvalue weighted by molar-refractivity contribution is 7.88. The molecule has 7 heteroatoms. The van der Waals surface area contributed by atoms with Crippen molar-refractivity contribution >= 4 is 16.1 Å². The second kappa shape index (κ2) is 5.93. The van der Waals surface area contributed by atoms with Gasteiger partial charge in [0.1, 0.15) is 0 Å². The second-order valence-corrected chi connectivity index (χ2v) is 3.24. The summed E-state index contributed by atoms with van der Waals surface area (Å²) in [6, 6.07) is 0. The third-order valence-corrected chi connectivity index (χ3v) is 0.287. The van der Waals surface area contributed by atoms with Crippen molar-refractivity contribution in [2.75, 3.05) is 12.9 Å². The number of nitrogens with two attached hydrogens (primary N) is 2. The molecule has 0 aromatic heterocycles. The Kier molecular flexibility index (Phi) is 6.91. The molecule has 0 spiro atoms. The molecule has 0 aromatic carbocycles. The Morgan fingerprint density at radius 2 is 1.82 bits per heavy atom. The quantitative estimate of drug-likeness (QED) is 0.544. The average Bonchev–Trinajstić information content (AvgIpc) is 1.58. The van der Waals surface area contributed by atoms with Gasteiger partial charge < -0.3 is 10.5 Å². The maximum atomic E-state index is 9.60. The van der Waals surface area contributed by atoms with Crippen LogP contribution >= 0.6 is 0 Å². The first-order chi connectivity index (χ1) is 4.77. The summed E-state index contributed by atoms with van der Waals surface area (Å²) >= 11 is 0. The van der Waals surface area contributed by atoms with Crippen LogP contribution in [0.5, 0.6) is 0 Å². The molecule has 0 heterocycles. The average molecular weight is 184 g/mol. The Morgan fingerprint density at radius 1 is 1.55 bits per heavy atom. The summed E-state index contributed by atoms with van der Waals surface area (Å²) in [5.74, 6) is 0. The van der Waals surface area contributed by atoms with Gasteiger partial charge in [0.25, 0.3) is 0 Å². The number of hydrogen-bond acceptors (Lipinski definition) is 4. The van der Waals surface area contributed by atoms with Gasteiger partial charge in [0, 0.05) is 0 Å². The van der Waals surface area contributed by atoms with Gasteiger partial charge in [-0.05, 0) is 6.92 Å². The van der Waals surface area contributed by atoms with Crippen LogP contribution in [0.3, 0.4) is 0 Å². The Labute approximate surface area is 65.6 Å². The highest BCUT2D eigenvalue weighted by Gasteiger charge is 1.82. The summed E-state index contributed by atoms with van der Waals surface area (Å²) in [6.45, 7) is 2.06. The van der Waals surface area contributed by atoms with Crippen LogP contribution in [0.4, 0.5) is 4.79 Å². The number of carbonyl (C=O) groups excluding carboxylic acids is 1. The Bertz CT molecular complexity index is 190. The molecule has 4 N–H and O–H groups in total. The summed E-state index contributed by atoms with van der Waals surface area (Å²) in [5, 5.41) is 4.33. The Morgan fingerprint density at radius 3 is 1.82 bits per heavy atom. The van der Waals surface area contributed by atoms with E-state index in [0.717, 1.165) is 6.26 Å². The zero-order valence-corrected chi connectivity index (χ0v) is 7.22. The number of rotatable bonds is 1. The summed E-state index contributed by atoms with van der Waals surface area (Å²) in [7, 11) is -3.17. The monoisotopic (exact) mass is 184 g/mol. The standard InChI is InChI=1S/C3H7NO2.CH5NO2S/c1-2-6-3(4)5;1-5(2,3)4/h2H2,1H3,(H2,4,5);1H3,(H2,2,3,4). The summed E-state index contributed by atoms with van der Waals surface area (Å²) in [4.78, 5) is 9.60. The molecule has 0 rings (SSSR count). The van der Waals surface area contributed by atoms with Gasteiger partial charge in [-0.15, -0.1) is 0 Å². The molecule has 0 radical (unpaired) electrons. The fourth-order valence-corrected chi connectivity index (χ4v) is 0.142. The largest absolute Gasteiger partial charge is 0.450 e. The molecule has 0 aliphatic carbocycles. The number of primary amides is 1. The number of hydrogen-bond donors (Lipinski definition) is 2. The molecule has 1 amide bonds. The van der Waals surface area contributed by atoms with Gasteiger partial charge >= 0.3 is 6.09 Å². The van der Waals surface area contributed by atoms with E-state index >= 15 is 0 Å². The molecule has 0 aromatic rings. The van der Waals surface area contributed by atoms with E-state index in [4.69, 9.17) is 0 Å². The first kappa shape index (κ1) is 12.8. The first-order valence-corrected chi connectivity index (χ1v) is 4.62. The lowest BCUT2D eigenvalue weighted by Crippen LogP contribution is -2.11. The molecular weight excluding hydrogens is 172 g/mol. The van der Waals surface area contributed by atoms with E-state index in [0.29, 0.717) is 6.61 Å². The minimum atomic E-state index is -3.17. The maximum Gasteiger partial charge on any atom is 0.404 e. The van der Waals surface area contributed by atoms with Crippen LogP contribution in [0.1, 0.15) is 6.92 Å². The van der Waals surface area contributed by atoms with Crippen molar-refractivity contribution < 1.29 is 17.9 Å². The first-order valence-electron chi connectivity index (χ1n) is 2.67. The van der Waals surface area contributed by atoms with E-state index in [1.807, 2.05) is 0 Å². The highest BCUT2D eigenvalue weighted by Crippen LogP contribution is 1.66. The van der Waals surface area contributed by atoms with Crippen molar-refractivity contribution in [1.82, 2.24) is 0 Å². The van der Waals surface area contributed by atoms with Gasteiger partial charge in [-0.1, -0.05) is 0 Å². The highest BCUT2D eigenvalue weighted by atomic mass is 32.2. The third kappa shape index (κ3) is 99.6. The zero-order valence-electron chi connectivity index (χ0n) is 6.40. The van der Waals surface area contributed by atoms with E-state index in [-0.39, 0.29) is 0 Å². The zero-order chi connectivity index (χ0) is 9.49. The van der Waals surface area contributed by atoms with E-state index < -0.39 is 16.1 Å². The molecular formula is C4H12N2O4S. The topological polar surface area (TPSA) is 112 Å². The fourth-order valence-electron chi connectivity index (χ4n) is 0.142. The minimum absolute atomic E-state index is 0.356. The number of primary sulfonamides is 1. The van der Waals surface area contributed by atoms with E-state index in [9.17, 15) is 13.2 Å². The number of sulfonamides is 1. The van der Waals surface area contributed by atoms with Crippen LogP contribution in [-0.2, 0) is 14.8 Å². The van der Waals surface area contributed by atoms with Crippen LogP contribution in [0.2, 0.25) is 0 Å². The number of carbonyl (C=O) groups is 1. The van der Waals surface area contributed by atoms with Gasteiger partial charge in [0.2, 0.25) is 10.0 Å². The molecule has 0 saturated carbocycles. The molecule has 11 heavy (non-hydrogen) atoms. The van der Waals surface area contributed by atoms with Crippen LogP contribution < -0.4 is 10.9 Å². The van der Waals surface area contributed by atoms with Crippen LogP contribution in [0.25, 0.3) is 0 Å². The molecule has 0 aliphatic rings. The lowest BCUT2D eigenvalue weighted by molar-refractivity contribution is 0.163.